The Labute approximate surface area is 104 Å². The summed E-state index contributed by atoms with van der Waals surface area (Å²) in [6.07, 6.45) is -1.02. The van der Waals surface area contributed by atoms with Crippen molar-refractivity contribution in [2.45, 2.75) is 12.5 Å². The van der Waals surface area contributed by atoms with Crippen molar-refractivity contribution < 1.29 is 23.4 Å². The molecule has 18 heavy (non-hydrogen) atoms. The number of halogens is 2. The van der Waals surface area contributed by atoms with Crippen LogP contribution in [0.2, 0.25) is 0 Å². The van der Waals surface area contributed by atoms with Crippen molar-refractivity contribution in [3.63, 3.8) is 0 Å². The highest BCUT2D eigenvalue weighted by Crippen LogP contribution is 2.17. The summed E-state index contributed by atoms with van der Waals surface area (Å²) in [6.45, 7) is 0.317. The van der Waals surface area contributed by atoms with Gasteiger partial charge in [0.25, 0.3) is 0 Å². The van der Waals surface area contributed by atoms with Crippen molar-refractivity contribution >= 4 is 5.97 Å². The summed E-state index contributed by atoms with van der Waals surface area (Å²) < 4.78 is 30.6. The number of nitrogens with one attached hydrogen (secondary N) is 1. The number of rotatable bonds is 6. The van der Waals surface area contributed by atoms with Crippen molar-refractivity contribution in [2.24, 2.45) is 0 Å². The topological polar surface area (TPSA) is 58.6 Å². The number of aliphatic hydroxyl groups excluding tert-OH is 1. The molecule has 1 atom stereocenters. The summed E-state index contributed by atoms with van der Waals surface area (Å²) >= 11 is 0. The zero-order valence-corrected chi connectivity index (χ0v) is 9.95. The minimum atomic E-state index is -1.17. The van der Waals surface area contributed by atoms with Gasteiger partial charge in [0.15, 0.2) is 0 Å². The maximum atomic E-state index is 13.3. The predicted molar refractivity (Wildman–Crippen MR) is 60.8 cm³/mol. The van der Waals surface area contributed by atoms with Crippen LogP contribution < -0.4 is 5.32 Å². The molecule has 0 bridgehead atoms. The van der Waals surface area contributed by atoms with Gasteiger partial charge in [-0.2, -0.15) is 0 Å². The molecule has 0 radical (unpaired) electrons. The SMILES string of the molecule is COC(=O)CCNCC(O)c1cc(F)ccc1F. The Morgan fingerprint density at radius 1 is 1.50 bits per heavy atom. The Balaban J connectivity index is 2.43. The Kier molecular flexibility index (Phi) is 5.67. The van der Waals surface area contributed by atoms with Gasteiger partial charge in [-0.25, -0.2) is 8.78 Å². The van der Waals surface area contributed by atoms with E-state index >= 15 is 0 Å². The van der Waals surface area contributed by atoms with Gasteiger partial charge < -0.3 is 15.2 Å². The Morgan fingerprint density at radius 3 is 2.89 bits per heavy atom. The zero-order chi connectivity index (χ0) is 13.5. The van der Waals surface area contributed by atoms with Crippen LogP contribution in [0.4, 0.5) is 8.78 Å². The lowest BCUT2D eigenvalue weighted by molar-refractivity contribution is -0.140. The van der Waals surface area contributed by atoms with Crippen molar-refractivity contribution in [1.29, 1.82) is 0 Å². The lowest BCUT2D eigenvalue weighted by atomic mass is 10.1. The minimum Gasteiger partial charge on any atom is -0.469 e. The van der Waals surface area contributed by atoms with E-state index in [2.05, 4.69) is 10.1 Å². The van der Waals surface area contributed by atoms with E-state index in [1.165, 1.54) is 7.11 Å². The van der Waals surface area contributed by atoms with Crippen molar-refractivity contribution in [3.8, 4) is 0 Å². The summed E-state index contributed by atoms with van der Waals surface area (Å²) in [6, 6.07) is 2.89. The highest BCUT2D eigenvalue weighted by atomic mass is 19.1. The van der Waals surface area contributed by atoms with Gasteiger partial charge in [0.1, 0.15) is 11.6 Å². The first-order valence-electron chi connectivity index (χ1n) is 5.45. The van der Waals surface area contributed by atoms with Crippen LogP contribution in [0.15, 0.2) is 18.2 Å². The lowest BCUT2D eigenvalue weighted by Gasteiger charge is -2.12. The smallest absolute Gasteiger partial charge is 0.306 e. The van der Waals surface area contributed by atoms with Crippen LogP contribution in [0.5, 0.6) is 0 Å². The van der Waals surface area contributed by atoms with Crippen LogP contribution in [0.1, 0.15) is 18.1 Å². The number of aliphatic hydroxyl groups is 1. The Bertz CT molecular complexity index is 412. The molecule has 1 aromatic carbocycles. The number of carbonyl (C=O) groups excluding carboxylic acids is 1. The third kappa shape index (κ3) is 4.38. The van der Waals surface area contributed by atoms with Crippen LogP contribution in [0, 0.1) is 11.6 Å². The molecule has 0 fully saturated rings. The second-order valence-electron chi connectivity index (χ2n) is 3.71. The summed E-state index contributed by atoms with van der Waals surface area (Å²) in [5.74, 6) is -1.66. The molecule has 0 amide bonds. The summed E-state index contributed by atoms with van der Waals surface area (Å²) in [4.78, 5) is 10.8. The fourth-order valence-electron chi connectivity index (χ4n) is 1.41. The number of hydrogen-bond donors (Lipinski definition) is 2. The van der Waals surface area contributed by atoms with Crippen LogP contribution in [0.3, 0.4) is 0 Å². The van der Waals surface area contributed by atoms with Crippen molar-refractivity contribution in [1.82, 2.24) is 5.32 Å². The van der Waals surface area contributed by atoms with Gasteiger partial charge >= 0.3 is 5.97 Å². The third-order valence-corrected chi connectivity index (χ3v) is 2.39. The average Bonchev–Trinajstić information content (AvgIpc) is 2.36. The number of hydrogen-bond acceptors (Lipinski definition) is 4. The van der Waals surface area contributed by atoms with Crippen molar-refractivity contribution in [3.05, 3.63) is 35.4 Å². The number of ether oxygens (including phenoxy) is 1. The zero-order valence-electron chi connectivity index (χ0n) is 9.95. The van der Waals surface area contributed by atoms with E-state index < -0.39 is 17.7 Å². The quantitative estimate of drug-likeness (QED) is 0.594. The fourth-order valence-corrected chi connectivity index (χ4v) is 1.41. The molecule has 100 valence electrons. The molecular weight excluding hydrogens is 244 g/mol. The molecule has 0 aliphatic carbocycles. The molecule has 0 aliphatic rings. The summed E-state index contributed by atoms with van der Waals surface area (Å²) in [5, 5.41) is 12.4. The van der Waals surface area contributed by atoms with E-state index in [0.29, 0.717) is 6.54 Å². The van der Waals surface area contributed by atoms with Gasteiger partial charge in [-0.05, 0) is 18.2 Å². The standard InChI is InChI=1S/C12H15F2NO3/c1-18-12(17)4-5-15-7-11(16)9-6-8(13)2-3-10(9)14/h2-3,6,11,15-16H,4-5,7H2,1H3. The lowest BCUT2D eigenvalue weighted by Crippen LogP contribution is -2.25. The maximum Gasteiger partial charge on any atom is 0.306 e. The van der Waals surface area contributed by atoms with Crippen LogP contribution in [0.25, 0.3) is 0 Å². The van der Waals surface area contributed by atoms with E-state index in [1.54, 1.807) is 0 Å². The Morgan fingerprint density at radius 2 is 2.22 bits per heavy atom. The number of benzene rings is 1. The summed E-state index contributed by atoms with van der Waals surface area (Å²) in [5.41, 5.74) is -0.111. The molecule has 6 heteroatoms. The molecule has 0 spiro atoms. The Hall–Kier alpha value is -1.53. The maximum absolute atomic E-state index is 13.3. The predicted octanol–water partition coefficient (Wildman–Crippen LogP) is 1.15. The van der Waals surface area contributed by atoms with E-state index in [0.717, 1.165) is 18.2 Å². The van der Waals surface area contributed by atoms with E-state index in [1.807, 2.05) is 0 Å². The first-order valence-corrected chi connectivity index (χ1v) is 5.45. The number of methoxy groups -OCH3 is 1. The van der Waals surface area contributed by atoms with E-state index in [4.69, 9.17) is 0 Å². The van der Waals surface area contributed by atoms with Crippen LogP contribution in [-0.2, 0) is 9.53 Å². The average molecular weight is 259 g/mol. The highest BCUT2D eigenvalue weighted by Gasteiger charge is 2.13. The first kappa shape index (κ1) is 14.5. The minimum absolute atomic E-state index is 0.0252. The highest BCUT2D eigenvalue weighted by molar-refractivity contribution is 5.69. The molecule has 1 rings (SSSR count). The molecule has 0 heterocycles. The normalized spacial score (nSPS) is 12.2. The van der Waals surface area contributed by atoms with E-state index in [-0.39, 0.29) is 24.5 Å². The van der Waals surface area contributed by atoms with Gasteiger partial charge in [0.2, 0.25) is 0 Å². The molecule has 1 aromatic rings. The largest absolute Gasteiger partial charge is 0.469 e. The fraction of sp³-hybridized carbons (Fsp3) is 0.417. The molecule has 0 aliphatic heterocycles. The van der Waals surface area contributed by atoms with Gasteiger partial charge in [0.05, 0.1) is 19.6 Å². The second kappa shape index (κ2) is 7.03. The van der Waals surface area contributed by atoms with Crippen LogP contribution in [-0.4, -0.2) is 31.3 Å². The summed E-state index contributed by atoms with van der Waals surface area (Å²) in [7, 11) is 1.28. The number of esters is 1. The van der Waals surface area contributed by atoms with Gasteiger partial charge in [-0.1, -0.05) is 0 Å². The molecule has 0 saturated carbocycles. The molecule has 0 saturated heterocycles. The van der Waals surface area contributed by atoms with Gasteiger partial charge in [-0.3, -0.25) is 4.79 Å². The van der Waals surface area contributed by atoms with Gasteiger partial charge in [-0.15, -0.1) is 0 Å². The third-order valence-electron chi connectivity index (χ3n) is 2.39. The van der Waals surface area contributed by atoms with Crippen molar-refractivity contribution in [2.75, 3.05) is 20.2 Å². The molecule has 4 nitrogen and oxygen atoms in total. The first-order chi connectivity index (χ1) is 8.54. The molecule has 2 N–H and O–H groups in total. The molecular formula is C12H15F2NO3. The monoisotopic (exact) mass is 259 g/mol. The number of carbonyl (C=O) groups is 1. The van der Waals surface area contributed by atoms with Crippen LogP contribution >= 0.6 is 0 Å². The second-order valence-corrected chi connectivity index (χ2v) is 3.71. The van der Waals surface area contributed by atoms with Gasteiger partial charge in [0, 0.05) is 18.7 Å². The van der Waals surface area contributed by atoms with E-state index in [9.17, 15) is 18.7 Å². The molecule has 0 aromatic heterocycles. The molecule has 1 unspecified atom stereocenters.